The van der Waals surface area contributed by atoms with Crippen molar-refractivity contribution in [3.63, 3.8) is 0 Å². The molecule has 0 bridgehead atoms. The van der Waals surface area contributed by atoms with E-state index in [0.29, 0.717) is 0 Å². The van der Waals surface area contributed by atoms with Crippen LogP contribution < -0.4 is 5.73 Å². The van der Waals surface area contributed by atoms with Gasteiger partial charge in [-0.25, -0.2) is 4.39 Å². The van der Waals surface area contributed by atoms with Crippen LogP contribution in [0.2, 0.25) is 5.02 Å². The molecule has 28 heavy (non-hydrogen) atoms. The number of nitrogens with two attached hydrogens (primary N) is 1. The lowest BCUT2D eigenvalue weighted by molar-refractivity contribution is -0.137. The Morgan fingerprint density at radius 2 is 1.86 bits per heavy atom. The van der Waals surface area contributed by atoms with Crippen molar-refractivity contribution in [2.75, 3.05) is 7.05 Å². The van der Waals surface area contributed by atoms with Crippen LogP contribution in [0.25, 0.3) is 6.08 Å². The Kier molecular flexibility index (Phi) is 6.45. The molecule has 2 rings (SSSR count). The summed E-state index contributed by atoms with van der Waals surface area (Å²) < 4.78 is 51.9. The maximum absolute atomic E-state index is 13.4. The van der Waals surface area contributed by atoms with Crippen LogP contribution in [0, 0.1) is 5.82 Å². The molecule has 0 spiro atoms. The molecule has 0 saturated heterocycles. The summed E-state index contributed by atoms with van der Waals surface area (Å²) in [6, 6.07) is 6.44. The molecule has 1 atom stereocenters. The highest BCUT2D eigenvalue weighted by Gasteiger charge is 2.31. The van der Waals surface area contributed by atoms with Gasteiger partial charge in [0.15, 0.2) is 0 Å². The first-order chi connectivity index (χ1) is 13.0. The summed E-state index contributed by atoms with van der Waals surface area (Å²) in [6.45, 7) is 0. The molecule has 0 aliphatic carbocycles. The van der Waals surface area contributed by atoms with E-state index in [0.717, 1.165) is 41.3 Å². The Morgan fingerprint density at radius 3 is 2.43 bits per heavy atom. The number of alkyl halides is 3. The first kappa shape index (κ1) is 21.4. The third-order valence-corrected chi connectivity index (χ3v) is 4.24. The molecule has 9 heteroatoms. The summed E-state index contributed by atoms with van der Waals surface area (Å²) in [5.74, 6) is -2.25. The van der Waals surface area contributed by atoms with E-state index in [2.05, 4.69) is 0 Å². The number of likely N-dealkylation sites (N-methyl/N-ethyl adjacent to an activating group) is 1. The zero-order valence-electron chi connectivity index (χ0n) is 14.5. The van der Waals surface area contributed by atoms with E-state index in [9.17, 15) is 27.2 Å². The van der Waals surface area contributed by atoms with E-state index in [1.54, 1.807) is 0 Å². The Balaban J connectivity index is 2.29. The average molecular weight is 415 g/mol. The quantitative estimate of drug-likeness (QED) is 0.589. The third-order valence-electron chi connectivity index (χ3n) is 3.90. The minimum atomic E-state index is -4.57. The van der Waals surface area contributed by atoms with Crippen molar-refractivity contribution in [2.45, 2.75) is 12.2 Å². The molecule has 2 amide bonds. The van der Waals surface area contributed by atoms with Gasteiger partial charge in [-0.05, 0) is 47.5 Å². The number of amides is 2. The molecule has 0 saturated carbocycles. The molecule has 4 nitrogen and oxygen atoms in total. The van der Waals surface area contributed by atoms with Gasteiger partial charge in [-0.1, -0.05) is 23.7 Å². The first-order valence-corrected chi connectivity index (χ1v) is 8.25. The second-order valence-electron chi connectivity index (χ2n) is 5.88. The van der Waals surface area contributed by atoms with Crippen LogP contribution in [-0.4, -0.2) is 23.8 Å². The van der Waals surface area contributed by atoms with Crippen LogP contribution in [0.5, 0.6) is 0 Å². The largest absolute Gasteiger partial charge is 0.416 e. The fraction of sp³-hybridized carbons (Fsp3) is 0.158. The highest BCUT2D eigenvalue weighted by atomic mass is 35.5. The standard InChI is InChI=1S/C19H15ClF4N2O2/c1-26(17(18(25)28)12-3-2-4-14(21)10-12)16(27)8-5-11-9-13(19(22,23)24)6-7-15(11)20/h2-10,17H,1H3,(H2,25,28)/b8-5+. The lowest BCUT2D eigenvalue weighted by atomic mass is 10.0. The molecule has 0 aliphatic heterocycles. The van der Waals surface area contributed by atoms with Crippen molar-refractivity contribution < 1.29 is 27.2 Å². The van der Waals surface area contributed by atoms with Crippen molar-refractivity contribution in [1.29, 1.82) is 0 Å². The molecule has 0 heterocycles. The zero-order chi connectivity index (χ0) is 21.1. The molecule has 1 unspecified atom stereocenters. The summed E-state index contributed by atoms with van der Waals surface area (Å²) in [5, 5.41) is 0.0104. The summed E-state index contributed by atoms with van der Waals surface area (Å²) in [7, 11) is 1.26. The Labute approximate surface area is 163 Å². The minimum absolute atomic E-state index is 0.0104. The van der Waals surface area contributed by atoms with E-state index >= 15 is 0 Å². The van der Waals surface area contributed by atoms with Gasteiger partial charge in [0.05, 0.1) is 5.56 Å². The van der Waals surface area contributed by atoms with Crippen LogP contribution in [0.1, 0.15) is 22.7 Å². The molecule has 0 fully saturated rings. The highest BCUT2D eigenvalue weighted by molar-refractivity contribution is 6.32. The smallest absolute Gasteiger partial charge is 0.368 e. The number of benzene rings is 2. The van der Waals surface area contributed by atoms with Gasteiger partial charge in [-0.15, -0.1) is 0 Å². The highest BCUT2D eigenvalue weighted by Crippen LogP contribution is 2.32. The Bertz CT molecular complexity index is 928. The fourth-order valence-electron chi connectivity index (χ4n) is 2.51. The Hall–Kier alpha value is -2.87. The van der Waals surface area contributed by atoms with Crippen LogP contribution >= 0.6 is 11.6 Å². The maximum atomic E-state index is 13.4. The number of hydrogen-bond acceptors (Lipinski definition) is 2. The molecule has 148 valence electrons. The molecule has 0 radical (unpaired) electrons. The maximum Gasteiger partial charge on any atom is 0.416 e. The summed E-state index contributed by atoms with van der Waals surface area (Å²) >= 11 is 5.88. The lowest BCUT2D eigenvalue weighted by Gasteiger charge is -2.25. The second kappa shape index (κ2) is 8.43. The van der Waals surface area contributed by atoms with Crippen LogP contribution in [0.15, 0.2) is 48.5 Å². The molecular weight excluding hydrogens is 400 g/mol. The summed E-state index contributed by atoms with van der Waals surface area (Å²) in [6.07, 6.45) is -2.51. The van der Waals surface area contributed by atoms with Crippen molar-refractivity contribution in [3.8, 4) is 0 Å². The number of primary amides is 1. The topological polar surface area (TPSA) is 63.4 Å². The number of hydrogen-bond donors (Lipinski definition) is 1. The van der Waals surface area contributed by atoms with Crippen molar-refractivity contribution >= 4 is 29.5 Å². The fourth-order valence-corrected chi connectivity index (χ4v) is 2.69. The lowest BCUT2D eigenvalue weighted by Crippen LogP contribution is -2.38. The number of carbonyl (C=O) groups excluding carboxylic acids is 2. The first-order valence-electron chi connectivity index (χ1n) is 7.87. The van der Waals surface area contributed by atoms with E-state index in [1.807, 2.05) is 0 Å². The molecular formula is C19H15ClF4N2O2. The average Bonchev–Trinajstić information content (AvgIpc) is 2.59. The third kappa shape index (κ3) is 5.10. The van der Waals surface area contributed by atoms with Crippen molar-refractivity contribution in [3.05, 3.63) is 76.1 Å². The van der Waals surface area contributed by atoms with E-state index in [-0.39, 0.29) is 16.1 Å². The van der Waals surface area contributed by atoms with E-state index in [4.69, 9.17) is 17.3 Å². The number of halogens is 5. The summed E-state index contributed by atoms with van der Waals surface area (Å²) in [5.41, 5.74) is 4.54. The number of carbonyl (C=O) groups is 2. The van der Waals surface area contributed by atoms with Gasteiger partial charge in [0.25, 0.3) is 0 Å². The zero-order valence-corrected chi connectivity index (χ0v) is 15.3. The predicted molar refractivity (Wildman–Crippen MR) is 96.6 cm³/mol. The normalized spacial score (nSPS) is 12.8. The van der Waals surface area contributed by atoms with Gasteiger partial charge >= 0.3 is 6.18 Å². The minimum Gasteiger partial charge on any atom is -0.368 e. The SMILES string of the molecule is CN(C(=O)/C=C/c1cc(C(F)(F)F)ccc1Cl)C(C(N)=O)c1cccc(F)c1. The van der Waals surface area contributed by atoms with Crippen molar-refractivity contribution in [2.24, 2.45) is 5.73 Å². The molecule has 2 N–H and O–H groups in total. The summed E-state index contributed by atoms with van der Waals surface area (Å²) in [4.78, 5) is 25.1. The van der Waals surface area contributed by atoms with Gasteiger partial charge in [-0.3, -0.25) is 9.59 Å². The molecule has 2 aromatic rings. The van der Waals surface area contributed by atoms with Gasteiger partial charge in [-0.2, -0.15) is 13.2 Å². The van der Waals surface area contributed by atoms with Crippen LogP contribution in [0.4, 0.5) is 17.6 Å². The van der Waals surface area contributed by atoms with E-state index < -0.39 is 35.4 Å². The Morgan fingerprint density at radius 1 is 1.18 bits per heavy atom. The predicted octanol–water partition coefficient (Wildman–Crippen LogP) is 4.20. The van der Waals surface area contributed by atoms with Gasteiger partial charge in [0.1, 0.15) is 11.9 Å². The van der Waals surface area contributed by atoms with Gasteiger partial charge in [0.2, 0.25) is 11.8 Å². The number of rotatable bonds is 5. The number of nitrogens with zero attached hydrogens (tertiary/aromatic N) is 1. The van der Waals surface area contributed by atoms with Crippen LogP contribution in [0.3, 0.4) is 0 Å². The van der Waals surface area contributed by atoms with Crippen LogP contribution in [-0.2, 0) is 15.8 Å². The molecule has 0 aromatic heterocycles. The second-order valence-corrected chi connectivity index (χ2v) is 6.28. The van der Waals surface area contributed by atoms with Crippen molar-refractivity contribution in [1.82, 2.24) is 4.90 Å². The molecule has 0 aliphatic rings. The molecule has 2 aromatic carbocycles. The monoisotopic (exact) mass is 414 g/mol. The van der Waals surface area contributed by atoms with Gasteiger partial charge < -0.3 is 10.6 Å². The van der Waals surface area contributed by atoms with Gasteiger partial charge in [0, 0.05) is 18.1 Å². The van der Waals surface area contributed by atoms with E-state index in [1.165, 1.54) is 25.2 Å².